The summed E-state index contributed by atoms with van der Waals surface area (Å²) in [6, 6.07) is 9.21. The third-order valence-corrected chi connectivity index (χ3v) is 3.97. The summed E-state index contributed by atoms with van der Waals surface area (Å²) in [4.78, 5) is 8.91. The highest BCUT2D eigenvalue weighted by Crippen LogP contribution is 2.19. The van der Waals surface area contributed by atoms with E-state index < -0.39 is 5.60 Å². The molecule has 0 aliphatic heterocycles. The minimum absolute atomic E-state index is 0. The molecule has 3 N–H and O–H groups in total. The molecule has 28 heavy (non-hydrogen) atoms. The molecule has 0 aromatic carbocycles. The molecule has 3 aromatic rings. The Morgan fingerprint density at radius 1 is 1.29 bits per heavy atom. The van der Waals surface area contributed by atoms with E-state index in [0.29, 0.717) is 24.8 Å². The maximum absolute atomic E-state index is 10.6. The summed E-state index contributed by atoms with van der Waals surface area (Å²) >= 11 is 0. The molecule has 0 spiro atoms. The lowest BCUT2D eigenvalue weighted by molar-refractivity contribution is 0.0386. The quantitative estimate of drug-likeness (QED) is 0.264. The first-order valence-electron chi connectivity index (χ1n) is 8.82. The number of pyridine rings is 1. The second-order valence-corrected chi connectivity index (χ2v) is 6.27. The predicted molar refractivity (Wildman–Crippen MR) is 118 cm³/mol. The average Bonchev–Trinajstić information content (AvgIpc) is 3.38. The van der Waals surface area contributed by atoms with Gasteiger partial charge in [-0.3, -0.25) is 0 Å². The van der Waals surface area contributed by atoms with Gasteiger partial charge in [-0.1, -0.05) is 0 Å². The average molecular weight is 496 g/mol. The maximum Gasteiger partial charge on any atom is 0.191 e. The van der Waals surface area contributed by atoms with E-state index in [2.05, 4.69) is 25.7 Å². The third kappa shape index (κ3) is 5.80. The van der Waals surface area contributed by atoms with Crippen molar-refractivity contribution in [2.45, 2.75) is 26.0 Å². The van der Waals surface area contributed by atoms with E-state index in [1.807, 2.05) is 31.3 Å². The van der Waals surface area contributed by atoms with Gasteiger partial charge in [-0.25, -0.2) is 14.7 Å². The van der Waals surface area contributed by atoms with Crippen LogP contribution in [0.1, 0.15) is 25.2 Å². The SMILES string of the molecule is CCNC(=NCc1ccnc(-n2cccn2)c1)NCC(C)(O)c1ccco1.I. The first-order chi connectivity index (χ1) is 13.1. The number of hydrogen-bond acceptors (Lipinski definition) is 5. The fraction of sp³-hybridized carbons (Fsp3) is 0.316. The zero-order valence-corrected chi connectivity index (χ0v) is 18.2. The molecule has 0 amide bonds. The number of aromatic nitrogens is 3. The second kappa shape index (κ2) is 10.2. The molecule has 0 radical (unpaired) electrons. The van der Waals surface area contributed by atoms with Crippen LogP contribution < -0.4 is 10.6 Å². The van der Waals surface area contributed by atoms with Crippen LogP contribution in [0.25, 0.3) is 5.82 Å². The van der Waals surface area contributed by atoms with E-state index >= 15 is 0 Å². The van der Waals surface area contributed by atoms with Crippen molar-refractivity contribution < 1.29 is 9.52 Å². The Hall–Kier alpha value is -2.40. The highest BCUT2D eigenvalue weighted by molar-refractivity contribution is 14.0. The molecule has 0 aliphatic carbocycles. The summed E-state index contributed by atoms with van der Waals surface area (Å²) < 4.78 is 7.01. The van der Waals surface area contributed by atoms with Crippen molar-refractivity contribution in [2.24, 2.45) is 4.99 Å². The van der Waals surface area contributed by atoms with Crippen LogP contribution >= 0.6 is 24.0 Å². The Bertz CT molecular complexity index is 862. The molecule has 1 atom stereocenters. The summed E-state index contributed by atoms with van der Waals surface area (Å²) in [6.45, 7) is 5.13. The van der Waals surface area contributed by atoms with Crippen LogP contribution in [0, 0.1) is 0 Å². The summed E-state index contributed by atoms with van der Waals surface area (Å²) in [6.07, 6.45) is 6.84. The Kier molecular flexibility index (Phi) is 8.00. The number of aliphatic hydroxyl groups is 1. The van der Waals surface area contributed by atoms with E-state index in [1.165, 1.54) is 0 Å². The third-order valence-electron chi connectivity index (χ3n) is 3.97. The Balaban J connectivity index is 0.00000280. The van der Waals surface area contributed by atoms with Crippen LogP contribution in [0.4, 0.5) is 0 Å². The van der Waals surface area contributed by atoms with E-state index in [1.54, 1.807) is 42.4 Å². The van der Waals surface area contributed by atoms with Crippen molar-refractivity contribution in [3.63, 3.8) is 0 Å². The van der Waals surface area contributed by atoms with Gasteiger partial charge in [0.25, 0.3) is 0 Å². The van der Waals surface area contributed by atoms with Gasteiger partial charge >= 0.3 is 0 Å². The Morgan fingerprint density at radius 3 is 2.82 bits per heavy atom. The van der Waals surface area contributed by atoms with Crippen LogP contribution in [0.5, 0.6) is 0 Å². The molecule has 3 rings (SSSR count). The van der Waals surface area contributed by atoms with Gasteiger partial charge < -0.3 is 20.2 Å². The number of guanidine groups is 1. The highest BCUT2D eigenvalue weighted by atomic mass is 127. The van der Waals surface area contributed by atoms with Gasteiger partial charge in [0.1, 0.15) is 11.4 Å². The van der Waals surface area contributed by atoms with E-state index in [9.17, 15) is 5.11 Å². The molecule has 3 heterocycles. The number of nitrogens with zero attached hydrogens (tertiary/aromatic N) is 4. The van der Waals surface area contributed by atoms with Crippen molar-refractivity contribution in [3.05, 3.63) is 66.5 Å². The lowest BCUT2D eigenvalue weighted by Crippen LogP contribution is -2.44. The Morgan fingerprint density at radius 2 is 2.14 bits per heavy atom. The number of furan rings is 1. The zero-order valence-electron chi connectivity index (χ0n) is 15.9. The van der Waals surface area contributed by atoms with Crippen LogP contribution in [-0.4, -0.2) is 38.9 Å². The fourth-order valence-electron chi connectivity index (χ4n) is 2.53. The molecule has 0 aliphatic rings. The molecule has 8 nitrogen and oxygen atoms in total. The summed E-state index contributed by atoms with van der Waals surface area (Å²) in [5.41, 5.74) is -0.130. The summed E-state index contributed by atoms with van der Waals surface area (Å²) in [5.74, 6) is 1.86. The Labute approximate surface area is 181 Å². The van der Waals surface area contributed by atoms with Gasteiger partial charge in [0.2, 0.25) is 0 Å². The number of halogens is 1. The second-order valence-electron chi connectivity index (χ2n) is 6.27. The molecule has 0 saturated carbocycles. The van der Waals surface area contributed by atoms with E-state index in [4.69, 9.17) is 4.42 Å². The van der Waals surface area contributed by atoms with Gasteiger partial charge in [-0.2, -0.15) is 5.10 Å². The maximum atomic E-state index is 10.6. The smallest absolute Gasteiger partial charge is 0.191 e. The zero-order chi connectivity index (χ0) is 19.1. The van der Waals surface area contributed by atoms with Crippen LogP contribution in [0.3, 0.4) is 0 Å². The molecule has 0 fully saturated rings. The normalized spacial score (nSPS) is 13.5. The molecule has 150 valence electrons. The molecule has 0 bridgehead atoms. The van der Waals surface area contributed by atoms with E-state index in [0.717, 1.165) is 11.4 Å². The standard InChI is InChI=1S/C19H24N6O2.HI/c1-3-20-18(23-14-19(2,26)16-6-4-11-27-16)22-13-15-7-9-21-17(12-15)25-10-5-8-24-25;/h4-12,26H,3,13-14H2,1-2H3,(H2,20,22,23);1H. The topological polar surface area (TPSA) is 100 Å². The number of rotatable bonds is 7. The molecular formula is C19H25IN6O2. The van der Waals surface area contributed by atoms with Gasteiger partial charge in [-0.05, 0) is 49.7 Å². The van der Waals surface area contributed by atoms with Gasteiger partial charge in [0, 0.05) is 25.1 Å². The lowest BCUT2D eigenvalue weighted by atomic mass is 10.0. The first-order valence-corrected chi connectivity index (χ1v) is 8.82. The molecule has 3 aromatic heterocycles. The van der Waals surface area contributed by atoms with Crippen molar-refractivity contribution in [3.8, 4) is 5.82 Å². The van der Waals surface area contributed by atoms with Crippen LogP contribution in [0.15, 0.2) is 64.6 Å². The molecule has 1 unspecified atom stereocenters. The number of nitrogens with one attached hydrogen (secondary N) is 2. The summed E-state index contributed by atoms with van der Waals surface area (Å²) in [7, 11) is 0. The predicted octanol–water partition coefficient (Wildman–Crippen LogP) is 2.44. The van der Waals surface area contributed by atoms with Gasteiger partial charge in [-0.15, -0.1) is 24.0 Å². The van der Waals surface area contributed by atoms with Gasteiger partial charge in [0.05, 0.1) is 19.4 Å². The highest BCUT2D eigenvalue weighted by Gasteiger charge is 2.26. The number of hydrogen-bond donors (Lipinski definition) is 3. The van der Waals surface area contributed by atoms with Gasteiger partial charge in [0.15, 0.2) is 11.8 Å². The van der Waals surface area contributed by atoms with Crippen LogP contribution in [-0.2, 0) is 12.1 Å². The largest absolute Gasteiger partial charge is 0.466 e. The van der Waals surface area contributed by atoms with Crippen molar-refractivity contribution in [1.82, 2.24) is 25.4 Å². The van der Waals surface area contributed by atoms with Crippen molar-refractivity contribution in [2.75, 3.05) is 13.1 Å². The molecular weight excluding hydrogens is 471 g/mol. The fourth-order valence-corrected chi connectivity index (χ4v) is 2.53. The van der Waals surface area contributed by atoms with Crippen molar-refractivity contribution in [1.29, 1.82) is 0 Å². The lowest BCUT2D eigenvalue weighted by Gasteiger charge is -2.22. The number of aliphatic imine (C=N–C) groups is 1. The molecule has 0 saturated heterocycles. The van der Waals surface area contributed by atoms with Crippen molar-refractivity contribution >= 4 is 29.9 Å². The minimum atomic E-state index is -1.14. The monoisotopic (exact) mass is 496 g/mol. The first kappa shape index (κ1) is 21.9. The summed E-state index contributed by atoms with van der Waals surface area (Å²) in [5, 5.41) is 21.1. The minimum Gasteiger partial charge on any atom is -0.466 e. The van der Waals surface area contributed by atoms with Crippen LogP contribution in [0.2, 0.25) is 0 Å². The van der Waals surface area contributed by atoms with E-state index in [-0.39, 0.29) is 30.5 Å². The molecule has 9 heteroatoms.